The van der Waals surface area contributed by atoms with Gasteiger partial charge in [0.15, 0.2) is 0 Å². The molecule has 1 saturated carbocycles. The number of carboxylic acid groups (broad SMARTS) is 1. The number of urea groups is 1. The van der Waals surface area contributed by atoms with Crippen LogP contribution in [0.1, 0.15) is 31.2 Å². The minimum atomic E-state index is -1.02. The number of nitrogens with zero attached hydrogens (tertiary/aromatic N) is 5. The molecular weight excluding hydrogens is 422 g/mol. The van der Waals surface area contributed by atoms with Crippen molar-refractivity contribution in [2.24, 2.45) is 7.05 Å². The Morgan fingerprint density at radius 3 is 2.36 bits per heavy atom. The van der Waals surface area contributed by atoms with Gasteiger partial charge in [0, 0.05) is 55.4 Å². The topological polar surface area (TPSA) is 125 Å². The first-order valence-electron chi connectivity index (χ1n) is 10.9. The molecule has 1 fully saturated rings. The first kappa shape index (κ1) is 22.3. The van der Waals surface area contributed by atoms with Gasteiger partial charge >= 0.3 is 12.1 Å². The second-order valence-electron chi connectivity index (χ2n) is 8.14. The summed E-state index contributed by atoms with van der Waals surface area (Å²) in [5.74, 6) is 0.322. The number of benzene rings is 1. The summed E-state index contributed by atoms with van der Waals surface area (Å²) in [5.41, 5.74) is 2.70. The molecule has 0 saturated heterocycles. The molecule has 2 aromatic heterocycles. The molecule has 0 unspecified atom stereocenters. The second-order valence-corrected chi connectivity index (χ2v) is 8.14. The average molecular weight is 450 g/mol. The fourth-order valence-electron chi connectivity index (χ4n) is 4.10. The summed E-state index contributed by atoms with van der Waals surface area (Å²) < 4.78 is 1.70. The van der Waals surface area contributed by atoms with Gasteiger partial charge < -0.3 is 15.7 Å². The van der Waals surface area contributed by atoms with Gasteiger partial charge in [0.1, 0.15) is 0 Å². The number of aromatic nitrogens is 4. The third kappa shape index (κ3) is 5.65. The standard InChI is InChI=1S/C23H27N7O3/c1-29-15-18(14-27-29)17-12-24-21(25-13-17)30(20-9-7-19(8-10-20)28-23(32)33)22(31)26-11-16-5-3-2-4-6-16/h2-6,12-15,19-20,28H,7-11H2,1H3,(H,26,31)(H,32,33). The van der Waals surface area contributed by atoms with Gasteiger partial charge in [-0.1, -0.05) is 30.3 Å². The Morgan fingerprint density at radius 2 is 1.76 bits per heavy atom. The maximum atomic E-state index is 13.2. The molecule has 0 radical (unpaired) electrons. The quantitative estimate of drug-likeness (QED) is 0.531. The molecule has 10 heteroatoms. The van der Waals surface area contributed by atoms with E-state index in [2.05, 4.69) is 25.7 Å². The summed E-state index contributed by atoms with van der Waals surface area (Å²) in [4.78, 5) is 34.8. The zero-order chi connectivity index (χ0) is 23.2. The molecule has 0 bridgehead atoms. The van der Waals surface area contributed by atoms with Gasteiger partial charge in [-0.2, -0.15) is 5.10 Å². The van der Waals surface area contributed by atoms with Crippen LogP contribution in [0.2, 0.25) is 0 Å². The zero-order valence-corrected chi connectivity index (χ0v) is 18.4. The third-order valence-corrected chi connectivity index (χ3v) is 5.79. The minimum Gasteiger partial charge on any atom is -0.465 e. The molecule has 2 heterocycles. The Hall–Kier alpha value is -3.95. The van der Waals surface area contributed by atoms with Gasteiger partial charge in [0.2, 0.25) is 5.95 Å². The van der Waals surface area contributed by atoms with Crippen LogP contribution in [0, 0.1) is 0 Å². The highest BCUT2D eigenvalue weighted by atomic mass is 16.4. The first-order chi connectivity index (χ1) is 16.0. The highest BCUT2D eigenvalue weighted by Gasteiger charge is 2.32. The van der Waals surface area contributed by atoms with Crippen molar-refractivity contribution in [3.63, 3.8) is 0 Å². The molecule has 1 aliphatic rings. The lowest BCUT2D eigenvalue weighted by atomic mass is 9.90. The molecule has 172 valence electrons. The lowest BCUT2D eigenvalue weighted by molar-refractivity contribution is 0.184. The molecule has 4 rings (SSSR count). The van der Waals surface area contributed by atoms with Crippen LogP contribution < -0.4 is 15.5 Å². The summed E-state index contributed by atoms with van der Waals surface area (Å²) in [5, 5.41) is 18.7. The van der Waals surface area contributed by atoms with Crippen molar-refractivity contribution >= 4 is 18.1 Å². The van der Waals surface area contributed by atoms with E-state index >= 15 is 0 Å². The van der Waals surface area contributed by atoms with Gasteiger partial charge in [-0.05, 0) is 31.2 Å². The second kappa shape index (κ2) is 10.1. The molecule has 0 atom stereocenters. The summed E-state index contributed by atoms with van der Waals surface area (Å²) in [7, 11) is 1.84. The summed E-state index contributed by atoms with van der Waals surface area (Å²) in [6.45, 7) is 0.389. The van der Waals surface area contributed by atoms with E-state index in [1.807, 2.05) is 43.6 Å². The van der Waals surface area contributed by atoms with Crippen LogP contribution in [0.4, 0.5) is 15.5 Å². The number of carbonyl (C=O) groups is 2. The Morgan fingerprint density at radius 1 is 1.06 bits per heavy atom. The summed E-state index contributed by atoms with van der Waals surface area (Å²) in [6, 6.07) is 9.17. The van der Waals surface area contributed by atoms with Gasteiger partial charge in [-0.3, -0.25) is 9.58 Å². The van der Waals surface area contributed by atoms with Crippen LogP contribution in [0.3, 0.4) is 0 Å². The molecule has 1 aromatic carbocycles. The Balaban J connectivity index is 1.52. The summed E-state index contributed by atoms with van der Waals surface area (Å²) >= 11 is 0. The van der Waals surface area contributed by atoms with Crippen LogP contribution in [0.25, 0.3) is 11.1 Å². The number of hydrogen-bond acceptors (Lipinski definition) is 5. The van der Waals surface area contributed by atoms with E-state index in [0.717, 1.165) is 16.7 Å². The van der Waals surface area contributed by atoms with Gasteiger partial charge in [-0.25, -0.2) is 19.6 Å². The van der Waals surface area contributed by atoms with E-state index in [0.29, 0.717) is 38.2 Å². The highest BCUT2D eigenvalue weighted by molar-refractivity contribution is 5.90. The van der Waals surface area contributed by atoms with Crippen molar-refractivity contribution in [3.8, 4) is 11.1 Å². The minimum absolute atomic E-state index is 0.109. The first-order valence-corrected chi connectivity index (χ1v) is 10.9. The lowest BCUT2D eigenvalue weighted by Gasteiger charge is -2.35. The van der Waals surface area contributed by atoms with E-state index < -0.39 is 6.09 Å². The number of nitrogens with one attached hydrogen (secondary N) is 2. The normalized spacial score (nSPS) is 17.8. The van der Waals surface area contributed by atoms with E-state index in [1.54, 1.807) is 28.2 Å². The number of aryl methyl sites for hydroxylation is 1. The van der Waals surface area contributed by atoms with Crippen LogP contribution >= 0.6 is 0 Å². The van der Waals surface area contributed by atoms with Crippen molar-refractivity contribution in [3.05, 3.63) is 60.7 Å². The molecule has 0 aliphatic heterocycles. The number of hydrogen-bond donors (Lipinski definition) is 3. The van der Waals surface area contributed by atoms with E-state index in [9.17, 15) is 9.59 Å². The Labute approximate surface area is 191 Å². The maximum Gasteiger partial charge on any atom is 0.404 e. The number of anilines is 1. The third-order valence-electron chi connectivity index (χ3n) is 5.79. The largest absolute Gasteiger partial charge is 0.465 e. The monoisotopic (exact) mass is 449 g/mol. The average Bonchev–Trinajstić information content (AvgIpc) is 3.26. The molecule has 3 aromatic rings. The highest BCUT2D eigenvalue weighted by Crippen LogP contribution is 2.27. The molecule has 0 spiro atoms. The van der Waals surface area contributed by atoms with Crippen molar-refractivity contribution in [2.45, 2.75) is 44.3 Å². The molecule has 3 amide bonds. The number of amides is 3. The zero-order valence-electron chi connectivity index (χ0n) is 18.4. The molecule has 3 N–H and O–H groups in total. The van der Waals surface area contributed by atoms with Gasteiger partial charge in [-0.15, -0.1) is 0 Å². The molecule has 33 heavy (non-hydrogen) atoms. The van der Waals surface area contributed by atoms with Crippen molar-refractivity contribution in [1.29, 1.82) is 0 Å². The predicted molar refractivity (Wildman–Crippen MR) is 123 cm³/mol. The van der Waals surface area contributed by atoms with Crippen LogP contribution in [-0.4, -0.2) is 49.1 Å². The SMILES string of the molecule is Cn1cc(-c2cnc(N(C(=O)NCc3ccccc3)C3CCC(NC(=O)O)CC3)nc2)cn1. The molecule has 10 nitrogen and oxygen atoms in total. The van der Waals surface area contributed by atoms with Crippen molar-refractivity contribution in [2.75, 3.05) is 4.90 Å². The van der Waals surface area contributed by atoms with E-state index in [1.165, 1.54) is 0 Å². The van der Waals surface area contributed by atoms with Crippen LogP contribution in [0.15, 0.2) is 55.1 Å². The van der Waals surface area contributed by atoms with Crippen molar-refractivity contribution in [1.82, 2.24) is 30.4 Å². The lowest BCUT2D eigenvalue weighted by Crippen LogP contribution is -2.50. The van der Waals surface area contributed by atoms with Gasteiger partial charge in [0.05, 0.1) is 6.20 Å². The Kier molecular flexibility index (Phi) is 6.82. The summed E-state index contributed by atoms with van der Waals surface area (Å²) in [6.07, 6.45) is 8.56. The van der Waals surface area contributed by atoms with E-state index in [4.69, 9.17) is 5.11 Å². The fraction of sp³-hybridized carbons (Fsp3) is 0.348. The maximum absolute atomic E-state index is 13.2. The number of carbonyl (C=O) groups excluding carboxylic acids is 1. The smallest absolute Gasteiger partial charge is 0.404 e. The van der Waals surface area contributed by atoms with Crippen molar-refractivity contribution < 1.29 is 14.7 Å². The number of rotatable bonds is 6. The van der Waals surface area contributed by atoms with Crippen LogP contribution in [0.5, 0.6) is 0 Å². The predicted octanol–water partition coefficient (Wildman–Crippen LogP) is 3.17. The van der Waals surface area contributed by atoms with Crippen LogP contribution in [-0.2, 0) is 13.6 Å². The Bertz CT molecular complexity index is 1080. The van der Waals surface area contributed by atoms with E-state index in [-0.39, 0.29) is 18.1 Å². The fourth-order valence-corrected chi connectivity index (χ4v) is 4.10. The van der Waals surface area contributed by atoms with Gasteiger partial charge in [0.25, 0.3) is 0 Å². The molecule has 1 aliphatic carbocycles. The molecular formula is C23H27N7O3.